The fraction of sp³-hybridized carbons (Fsp3) is 0.222. The number of aryl methyl sites for hydroxylation is 1. The zero-order valence-electron chi connectivity index (χ0n) is 19.8. The molecule has 1 fully saturated rings. The Kier molecular flexibility index (Phi) is 6.77. The molecule has 186 valence electrons. The van der Waals surface area contributed by atoms with Gasteiger partial charge in [-0.25, -0.2) is 22.7 Å². The fourth-order valence-electron chi connectivity index (χ4n) is 4.18. The van der Waals surface area contributed by atoms with Crippen LogP contribution >= 0.6 is 0 Å². The minimum atomic E-state index is -3.77. The largest absolute Gasteiger partial charge is 0.351 e. The summed E-state index contributed by atoms with van der Waals surface area (Å²) in [6.07, 6.45) is 10.0. The number of carbonyl (C=O) groups excluding carboxylic acids is 1. The van der Waals surface area contributed by atoms with E-state index in [2.05, 4.69) is 28.2 Å². The summed E-state index contributed by atoms with van der Waals surface area (Å²) in [6, 6.07) is 16.7. The first-order valence-corrected chi connectivity index (χ1v) is 13.2. The van der Waals surface area contributed by atoms with Crippen LogP contribution in [0.5, 0.6) is 0 Å². The maximum Gasteiger partial charge on any atom is 0.267 e. The summed E-state index contributed by atoms with van der Waals surface area (Å²) in [5.41, 5.74) is 5.99. The predicted molar refractivity (Wildman–Crippen MR) is 137 cm³/mol. The highest BCUT2D eigenvalue weighted by Gasteiger charge is 2.17. The lowest BCUT2D eigenvalue weighted by atomic mass is 10.0. The number of hydroxylamine groups is 1. The number of fused-ring (bicyclic) bond motifs is 1. The third-order valence-corrected chi connectivity index (χ3v) is 7.84. The van der Waals surface area contributed by atoms with Crippen LogP contribution in [-0.4, -0.2) is 35.8 Å². The Morgan fingerprint density at radius 3 is 2.64 bits per heavy atom. The maximum absolute atomic E-state index is 13.1. The Balaban J connectivity index is 1.25. The van der Waals surface area contributed by atoms with E-state index >= 15 is 0 Å². The molecule has 36 heavy (non-hydrogen) atoms. The zero-order valence-corrected chi connectivity index (χ0v) is 20.6. The smallest absolute Gasteiger partial charge is 0.267 e. The highest BCUT2D eigenvalue weighted by molar-refractivity contribution is 7.90. The molecular weight excluding hydrogens is 478 g/mol. The Bertz CT molecular complexity index is 1510. The molecule has 1 unspecified atom stereocenters. The van der Waals surface area contributed by atoms with E-state index in [1.165, 1.54) is 24.5 Å². The second-order valence-corrected chi connectivity index (χ2v) is 10.6. The number of benzene rings is 2. The molecule has 2 aromatic carbocycles. The van der Waals surface area contributed by atoms with Gasteiger partial charge < -0.3 is 9.30 Å². The lowest BCUT2D eigenvalue weighted by molar-refractivity contribution is -0.198. The van der Waals surface area contributed by atoms with E-state index in [0.717, 1.165) is 45.3 Å². The van der Waals surface area contributed by atoms with Crippen LogP contribution in [-0.2, 0) is 31.4 Å². The van der Waals surface area contributed by atoms with Gasteiger partial charge in [0.05, 0.1) is 4.90 Å². The molecule has 8 nitrogen and oxygen atoms in total. The van der Waals surface area contributed by atoms with Gasteiger partial charge in [0.2, 0.25) is 0 Å². The van der Waals surface area contributed by atoms with Gasteiger partial charge in [-0.15, -0.1) is 0 Å². The average Bonchev–Trinajstić information content (AvgIpc) is 3.54. The van der Waals surface area contributed by atoms with Crippen molar-refractivity contribution in [1.29, 1.82) is 0 Å². The molecule has 1 atom stereocenters. The summed E-state index contributed by atoms with van der Waals surface area (Å²) in [5.74, 6) is -0.455. The van der Waals surface area contributed by atoms with E-state index in [1.54, 1.807) is 18.2 Å². The van der Waals surface area contributed by atoms with Crippen LogP contribution in [0.3, 0.4) is 0 Å². The molecule has 2 aromatic heterocycles. The quantitative estimate of drug-likeness (QED) is 0.296. The number of nitrogens with zero attached hydrogens (tertiary/aromatic N) is 2. The Labute approximate surface area is 209 Å². The fourth-order valence-corrected chi connectivity index (χ4v) is 5.38. The average molecular weight is 506 g/mol. The van der Waals surface area contributed by atoms with Crippen LogP contribution in [0.1, 0.15) is 24.8 Å². The van der Waals surface area contributed by atoms with E-state index in [9.17, 15) is 13.2 Å². The van der Waals surface area contributed by atoms with Crippen LogP contribution in [0.15, 0.2) is 84.2 Å². The Morgan fingerprint density at radius 1 is 1.06 bits per heavy atom. The number of aromatic nitrogens is 2. The van der Waals surface area contributed by atoms with Gasteiger partial charge in [0, 0.05) is 55.6 Å². The second kappa shape index (κ2) is 10.1. The monoisotopic (exact) mass is 505 g/mol. The molecule has 0 bridgehead atoms. The molecule has 1 amide bonds. The normalized spacial score (nSPS) is 16.5. The van der Waals surface area contributed by atoms with Crippen molar-refractivity contribution in [1.82, 2.24) is 14.0 Å². The van der Waals surface area contributed by atoms with Crippen molar-refractivity contribution in [2.24, 2.45) is 7.05 Å². The summed E-state index contributed by atoms with van der Waals surface area (Å²) < 4.78 is 34.8. The maximum atomic E-state index is 13.1. The standard InChI is InChI=1S/C27H27N3O5S/c1-29-15-14-23-18-22(8-11-25(23)29)21-6-9-24(10-7-21)36(32,33)30-16-13-20(19-30)5-12-26(31)28-35-27-4-2-3-17-34-27/h5-16,18-19,27H,2-4,17H2,1H3,(H,28,31)/b12-5+. The highest BCUT2D eigenvalue weighted by Crippen LogP contribution is 2.26. The van der Waals surface area contributed by atoms with Crippen LogP contribution in [0.2, 0.25) is 0 Å². The summed E-state index contributed by atoms with van der Waals surface area (Å²) >= 11 is 0. The molecule has 0 spiro atoms. The summed E-state index contributed by atoms with van der Waals surface area (Å²) in [6.45, 7) is 0.616. The molecule has 1 saturated heterocycles. The molecule has 0 aliphatic carbocycles. The SMILES string of the molecule is Cn1ccc2cc(-c3ccc(S(=O)(=O)n4ccc(/C=C/C(=O)NOC5CCCCO5)c4)cc3)ccc21. The van der Waals surface area contributed by atoms with Crippen LogP contribution in [0, 0.1) is 0 Å². The molecule has 3 heterocycles. The van der Waals surface area contributed by atoms with Crippen molar-refractivity contribution in [3.05, 3.63) is 84.8 Å². The van der Waals surface area contributed by atoms with E-state index < -0.39 is 22.2 Å². The lowest BCUT2D eigenvalue weighted by Gasteiger charge is -2.21. The second-order valence-electron chi connectivity index (χ2n) is 8.72. The number of hydrogen-bond acceptors (Lipinski definition) is 5. The number of hydrogen-bond donors (Lipinski definition) is 1. The van der Waals surface area contributed by atoms with E-state index in [4.69, 9.17) is 9.57 Å². The summed E-state index contributed by atoms with van der Waals surface area (Å²) in [7, 11) is -1.77. The van der Waals surface area contributed by atoms with E-state index in [1.807, 2.05) is 31.4 Å². The molecule has 0 radical (unpaired) electrons. The number of carbonyl (C=O) groups is 1. The molecule has 1 N–H and O–H groups in total. The first kappa shape index (κ1) is 24.1. The zero-order chi connectivity index (χ0) is 25.1. The van der Waals surface area contributed by atoms with Crippen molar-refractivity contribution in [3.8, 4) is 11.1 Å². The molecule has 5 rings (SSSR count). The number of amides is 1. The molecule has 9 heteroatoms. The minimum Gasteiger partial charge on any atom is -0.351 e. The molecular formula is C27H27N3O5S. The van der Waals surface area contributed by atoms with E-state index in [-0.39, 0.29) is 4.90 Å². The third kappa shape index (κ3) is 5.13. The van der Waals surface area contributed by atoms with Crippen molar-refractivity contribution in [3.63, 3.8) is 0 Å². The molecule has 4 aromatic rings. The number of nitrogens with one attached hydrogen (secondary N) is 1. The van der Waals surface area contributed by atoms with Gasteiger partial charge in [-0.2, -0.15) is 0 Å². The lowest BCUT2D eigenvalue weighted by Crippen LogP contribution is -2.32. The Morgan fingerprint density at radius 2 is 1.86 bits per heavy atom. The molecule has 0 saturated carbocycles. The van der Waals surface area contributed by atoms with Gasteiger partial charge in [0.25, 0.3) is 15.9 Å². The topological polar surface area (TPSA) is 91.6 Å². The van der Waals surface area contributed by atoms with Crippen LogP contribution in [0.4, 0.5) is 0 Å². The van der Waals surface area contributed by atoms with Gasteiger partial charge in [-0.1, -0.05) is 18.2 Å². The van der Waals surface area contributed by atoms with Crippen molar-refractivity contribution >= 4 is 32.9 Å². The number of rotatable bonds is 7. The number of ether oxygens (including phenoxy) is 1. The van der Waals surface area contributed by atoms with E-state index in [0.29, 0.717) is 12.2 Å². The first-order chi connectivity index (χ1) is 17.4. The van der Waals surface area contributed by atoms with Crippen molar-refractivity contribution in [2.45, 2.75) is 30.4 Å². The van der Waals surface area contributed by atoms with Crippen molar-refractivity contribution in [2.75, 3.05) is 6.61 Å². The third-order valence-electron chi connectivity index (χ3n) is 6.19. The van der Waals surface area contributed by atoms with Gasteiger partial charge in [0.1, 0.15) is 0 Å². The van der Waals surface area contributed by atoms with Gasteiger partial charge in [-0.05, 0) is 72.0 Å². The summed E-state index contributed by atoms with van der Waals surface area (Å²) in [4.78, 5) is 17.4. The van der Waals surface area contributed by atoms with Gasteiger partial charge in [0.15, 0.2) is 6.29 Å². The van der Waals surface area contributed by atoms with Crippen LogP contribution in [0.25, 0.3) is 28.1 Å². The molecule has 1 aliphatic rings. The Hall–Kier alpha value is -3.66. The minimum absolute atomic E-state index is 0.178. The predicted octanol–water partition coefficient (Wildman–Crippen LogP) is 4.47. The van der Waals surface area contributed by atoms with Gasteiger partial charge in [-0.3, -0.25) is 4.79 Å². The first-order valence-electron chi connectivity index (χ1n) is 11.7. The van der Waals surface area contributed by atoms with Crippen molar-refractivity contribution < 1.29 is 22.8 Å². The molecule has 1 aliphatic heterocycles. The highest BCUT2D eigenvalue weighted by atomic mass is 32.2. The van der Waals surface area contributed by atoms with Gasteiger partial charge >= 0.3 is 0 Å². The van der Waals surface area contributed by atoms with Crippen LogP contribution < -0.4 is 5.48 Å². The summed E-state index contributed by atoms with van der Waals surface area (Å²) in [5, 5.41) is 1.13.